The van der Waals surface area contributed by atoms with Gasteiger partial charge in [0.1, 0.15) is 17.3 Å². The van der Waals surface area contributed by atoms with E-state index in [9.17, 15) is 4.79 Å². The summed E-state index contributed by atoms with van der Waals surface area (Å²) in [6, 6.07) is 21.4. The van der Waals surface area contributed by atoms with Crippen LogP contribution in [-0.2, 0) is 11.2 Å². The first-order valence-electron chi connectivity index (χ1n) is 14.6. The number of hydrogen-bond donors (Lipinski definition) is 2. The Labute approximate surface area is 252 Å². The predicted octanol–water partition coefficient (Wildman–Crippen LogP) is 5.14. The molecule has 2 aliphatic heterocycles. The molecule has 2 unspecified atom stereocenters. The SMILES string of the molecule is COc1cc(NC2N=CCC(N3CCCC(C(=O)NCCc4ccc(Oc5ccccc5)cc4)C3)=N2)cc(OC)c1OC. The van der Waals surface area contributed by atoms with Crippen LogP contribution >= 0.6 is 0 Å². The molecule has 43 heavy (non-hydrogen) atoms. The van der Waals surface area contributed by atoms with Gasteiger partial charge in [0.05, 0.1) is 27.2 Å². The largest absolute Gasteiger partial charge is 0.493 e. The van der Waals surface area contributed by atoms with Crippen LogP contribution in [0.5, 0.6) is 28.7 Å². The van der Waals surface area contributed by atoms with Gasteiger partial charge in [0.2, 0.25) is 17.9 Å². The van der Waals surface area contributed by atoms with E-state index in [2.05, 4.69) is 20.5 Å². The van der Waals surface area contributed by atoms with Crippen molar-refractivity contribution < 1.29 is 23.7 Å². The van der Waals surface area contributed by atoms with Gasteiger partial charge in [-0.25, -0.2) is 4.99 Å². The molecule has 0 radical (unpaired) electrons. The number of amidine groups is 1. The van der Waals surface area contributed by atoms with Gasteiger partial charge in [0.25, 0.3) is 0 Å². The van der Waals surface area contributed by atoms with Crippen LogP contribution in [0.25, 0.3) is 0 Å². The molecule has 0 spiro atoms. The molecule has 3 aromatic rings. The van der Waals surface area contributed by atoms with E-state index in [4.69, 9.17) is 23.9 Å². The Bertz CT molecular complexity index is 1400. The van der Waals surface area contributed by atoms with Crippen LogP contribution in [0.1, 0.15) is 24.8 Å². The second kappa shape index (κ2) is 14.4. The number of benzene rings is 3. The minimum Gasteiger partial charge on any atom is -0.493 e. The third kappa shape index (κ3) is 7.77. The maximum Gasteiger partial charge on any atom is 0.224 e. The zero-order chi connectivity index (χ0) is 30.0. The zero-order valence-corrected chi connectivity index (χ0v) is 24.9. The standard InChI is InChI=1S/C33H39N5O5/c1-40-28-20-25(21-29(41-2)31(28)42-3)36-33-35-18-16-30(37-33)38-19-7-8-24(22-38)32(39)34-17-15-23-11-13-27(14-12-23)43-26-9-5-4-6-10-26/h4-6,9-14,18,20-21,24,33,36H,7-8,15-17,19,22H2,1-3H3,(H,34,39). The number of nitrogens with one attached hydrogen (secondary N) is 2. The number of para-hydroxylation sites is 1. The van der Waals surface area contributed by atoms with E-state index in [0.29, 0.717) is 36.8 Å². The van der Waals surface area contributed by atoms with Crippen LogP contribution in [0.3, 0.4) is 0 Å². The first kappa shape index (κ1) is 29.8. The van der Waals surface area contributed by atoms with Crippen molar-refractivity contribution in [2.45, 2.75) is 32.0 Å². The Morgan fingerprint density at radius 2 is 1.67 bits per heavy atom. The van der Waals surface area contributed by atoms with E-state index in [1.807, 2.05) is 72.9 Å². The summed E-state index contributed by atoms with van der Waals surface area (Å²) in [5.41, 5.74) is 1.89. The number of ether oxygens (including phenoxy) is 4. The Balaban J connectivity index is 1.12. The molecule has 2 N–H and O–H groups in total. The number of hydrogen-bond acceptors (Lipinski definition) is 9. The number of carbonyl (C=O) groups is 1. The van der Waals surface area contributed by atoms with Crippen LogP contribution in [0.4, 0.5) is 5.69 Å². The lowest BCUT2D eigenvalue weighted by Gasteiger charge is -2.35. The van der Waals surface area contributed by atoms with Gasteiger partial charge in [-0.2, -0.15) is 0 Å². The molecule has 0 saturated carbocycles. The molecule has 2 aliphatic rings. The molecule has 2 heterocycles. The first-order valence-corrected chi connectivity index (χ1v) is 14.6. The van der Waals surface area contributed by atoms with Crippen LogP contribution in [0.15, 0.2) is 76.7 Å². The number of carbonyl (C=O) groups excluding carboxylic acids is 1. The lowest BCUT2D eigenvalue weighted by Crippen LogP contribution is -2.46. The fourth-order valence-corrected chi connectivity index (χ4v) is 5.30. The Hall–Kier alpha value is -4.73. The van der Waals surface area contributed by atoms with Gasteiger partial charge in [-0.3, -0.25) is 9.79 Å². The van der Waals surface area contributed by atoms with Crippen molar-refractivity contribution in [1.82, 2.24) is 10.2 Å². The molecule has 1 saturated heterocycles. The number of likely N-dealkylation sites (tertiary alicyclic amines) is 1. The first-order chi connectivity index (χ1) is 21.1. The molecule has 3 aromatic carbocycles. The molecule has 10 nitrogen and oxygen atoms in total. The third-order valence-electron chi connectivity index (χ3n) is 7.52. The molecular weight excluding hydrogens is 546 g/mol. The summed E-state index contributed by atoms with van der Waals surface area (Å²) < 4.78 is 22.2. The number of anilines is 1. The van der Waals surface area contributed by atoms with E-state index in [-0.39, 0.29) is 11.8 Å². The van der Waals surface area contributed by atoms with E-state index in [0.717, 1.165) is 54.4 Å². The average molecular weight is 586 g/mol. The summed E-state index contributed by atoms with van der Waals surface area (Å²) in [4.78, 5) is 24.7. The maximum absolute atomic E-state index is 13.1. The number of methoxy groups -OCH3 is 3. The molecule has 1 fully saturated rings. The van der Waals surface area contributed by atoms with Crippen molar-refractivity contribution in [2.75, 3.05) is 46.3 Å². The van der Waals surface area contributed by atoms with Gasteiger partial charge < -0.3 is 34.5 Å². The highest BCUT2D eigenvalue weighted by Crippen LogP contribution is 2.40. The minimum absolute atomic E-state index is 0.0847. The molecule has 0 bridgehead atoms. The predicted molar refractivity (Wildman–Crippen MR) is 168 cm³/mol. The van der Waals surface area contributed by atoms with Crippen LogP contribution in [0, 0.1) is 5.92 Å². The smallest absolute Gasteiger partial charge is 0.224 e. The molecule has 2 atom stereocenters. The van der Waals surface area contributed by atoms with Crippen molar-refractivity contribution in [1.29, 1.82) is 0 Å². The quantitative estimate of drug-likeness (QED) is 0.321. The van der Waals surface area contributed by atoms with Crippen molar-refractivity contribution in [2.24, 2.45) is 15.9 Å². The summed E-state index contributed by atoms with van der Waals surface area (Å²) in [6.45, 7) is 2.09. The van der Waals surface area contributed by atoms with Crippen LogP contribution in [-0.4, -0.2) is 70.1 Å². The maximum atomic E-state index is 13.1. The number of rotatable bonds is 11. The number of amides is 1. The van der Waals surface area contributed by atoms with E-state index < -0.39 is 6.29 Å². The van der Waals surface area contributed by atoms with Gasteiger partial charge >= 0.3 is 0 Å². The van der Waals surface area contributed by atoms with E-state index in [1.165, 1.54) is 0 Å². The zero-order valence-electron chi connectivity index (χ0n) is 24.9. The summed E-state index contributed by atoms with van der Waals surface area (Å²) in [6.07, 6.45) is 4.56. The van der Waals surface area contributed by atoms with E-state index in [1.54, 1.807) is 21.3 Å². The third-order valence-corrected chi connectivity index (χ3v) is 7.52. The highest BCUT2D eigenvalue weighted by molar-refractivity contribution is 5.96. The van der Waals surface area contributed by atoms with Crippen molar-refractivity contribution in [3.8, 4) is 28.7 Å². The molecular formula is C33H39N5O5. The second-order valence-electron chi connectivity index (χ2n) is 10.4. The number of nitrogens with zero attached hydrogens (tertiary/aromatic N) is 3. The van der Waals surface area contributed by atoms with Crippen molar-refractivity contribution >= 4 is 23.6 Å². The lowest BCUT2D eigenvalue weighted by molar-refractivity contribution is -0.126. The van der Waals surface area contributed by atoms with E-state index >= 15 is 0 Å². The van der Waals surface area contributed by atoms with Crippen molar-refractivity contribution in [3.05, 3.63) is 72.3 Å². The fourth-order valence-electron chi connectivity index (χ4n) is 5.30. The molecule has 10 heteroatoms. The molecule has 226 valence electrons. The number of piperidine rings is 1. The van der Waals surface area contributed by atoms with Crippen molar-refractivity contribution in [3.63, 3.8) is 0 Å². The average Bonchev–Trinajstić information content (AvgIpc) is 3.05. The fraction of sp³-hybridized carbons (Fsp3) is 0.364. The van der Waals surface area contributed by atoms with Gasteiger partial charge in [0.15, 0.2) is 11.5 Å². The summed E-state index contributed by atoms with van der Waals surface area (Å²) in [7, 11) is 4.74. The lowest BCUT2D eigenvalue weighted by atomic mass is 9.96. The van der Waals surface area contributed by atoms with Crippen LogP contribution in [0.2, 0.25) is 0 Å². The van der Waals surface area contributed by atoms with Gasteiger partial charge in [-0.15, -0.1) is 0 Å². The van der Waals surface area contributed by atoms with Gasteiger partial charge in [0, 0.05) is 50.1 Å². The van der Waals surface area contributed by atoms with Crippen LogP contribution < -0.4 is 29.6 Å². The highest BCUT2D eigenvalue weighted by Gasteiger charge is 2.28. The minimum atomic E-state index is -0.495. The Morgan fingerprint density at radius 1 is 0.953 bits per heavy atom. The molecule has 0 aromatic heterocycles. The summed E-state index contributed by atoms with van der Waals surface area (Å²) >= 11 is 0. The molecule has 1 amide bonds. The number of aliphatic imine (C=N–C) groups is 2. The molecule has 5 rings (SSSR count). The van der Waals surface area contributed by atoms with Gasteiger partial charge in [-0.05, 0) is 49.1 Å². The Kier molecular flexibility index (Phi) is 9.99. The van der Waals surface area contributed by atoms with Gasteiger partial charge in [-0.1, -0.05) is 30.3 Å². The topological polar surface area (TPSA) is 106 Å². The second-order valence-corrected chi connectivity index (χ2v) is 10.4. The monoisotopic (exact) mass is 585 g/mol. The summed E-state index contributed by atoms with van der Waals surface area (Å²) in [5.74, 6) is 4.15. The Morgan fingerprint density at radius 3 is 2.37 bits per heavy atom. The molecule has 0 aliphatic carbocycles. The summed E-state index contributed by atoms with van der Waals surface area (Å²) in [5, 5.41) is 6.47. The highest BCUT2D eigenvalue weighted by atomic mass is 16.5. The normalized spacial score (nSPS) is 17.9.